The van der Waals surface area contributed by atoms with Crippen LogP contribution >= 0.6 is 7.75 Å². The molecule has 0 bridgehead atoms. The second-order valence-corrected chi connectivity index (χ2v) is 15.0. The maximum absolute atomic E-state index is 15.7. The van der Waals surface area contributed by atoms with Gasteiger partial charge in [-0.25, -0.2) is 18.5 Å². The SMILES string of the molecule is CC(C)C(=O)O[C@H]1[C@H](c2ccc3c(N)ncnn23)O[C@](CF)(COP(=O)(N[C@@H](C)C(=O)OC2CCOCC2)Oc2ccccc2)[C@H]1OC(=O)C(C)C. The van der Waals surface area contributed by atoms with Gasteiger partial charge in [-0.05, 0) is 31.2 Å². The Hall–Kier alpha value is -4.15. The first kappa shape index (κ1) is 39.1. The van der Waals surface area contributed by atoms with Gasteiger partial charge in [0, 0.05) is 12.8 Å². The van der Waals surface area contributed by atoms with Crippen LogP contribution in [0, 0.1) is 11.8 Å². The molecule has 284 valence electrons. The van der Waals surface area contributed by atoms with Crippen molar-refractivity contribution in [2.24, 2.45) is 11.8 Å². The normalized spacial score (nSPS) is 24.0. The monoisotopic (exact) mass is 749 g/mol. The number of halogens is 1. The van der Waals surface area contributed by atoms with Crippen molar-refractivity contribution in [2.45, 2.75) is 83.5 Å². The maximum atomic E-state index is 15.7. The highest BCUT2D eigenvalue weighted by molar-refractivity contribution is 7.52. The number of para-hydroxylation sites is 1. The lowest BCUT2D eigenvalue weighted by Gasteiger charge is -2.34. The van der Waals surface area contributed by atoms with E-state index in [4.69, 9.17) is 38.5 Å². The van der Waals surface area contributed by atoms with Crippen molar-refractivity contribution in [3.05, 3.63) is 54.5 Å². The highest BCUT2D eigenvalue weighted by atomic mass is 31.2. The summed E-state index contributed by atoms with van der Waals surface area (Å²) in [5, 5.41) is 6.85. The predicted molar refractivity (Wildman–Crippen MR) is 183 cm³/mol. The smallest absolute Gasteiger partial charge is 0.459 e. The summed E-state index contributed by atoms with van der Waals surface area (Å²) in [5.41, 5.74) is 4.47. The van der Waals surface area contributed by atoms with E-state index >= 15 is 4.39 Å². The Morgan fingerprint density at radius 3 is 2.33 bits per heavy atom. The second-order valence-electron chi connectivity index (χ2n) is 13.3. The zero-order valence-corrected chi connectivity index (χ0v) is 30.5. The molecule has 2 saturated heterocycles. The number of nitrogens with one attached hydrogen (secondary N) is 1. The molecule has 2 fully saturated rings. The summed E-state index contributed by atoms with van der Waals surface area (Å²) in [4.78, 5) is 43.4. The molecule has 3 aromatic rings. The first-order valence-corrected chi connectivity index (χ1v) is 18.6. The number of anilines is 1. The van der Waals surface area contributed by atoms with Crippen LogP contribution in [0.25, 0.3) is 5.52 Å². The number of fused-ring (bicyclic) bond motifs is 1. The molecule has 16 nitrogen and oxygen atoms in total. The number of carbonyl (C=O) groups is 3. The molecule has 5 rings (SSSR count). The number of ether oxygens (including phenoxy) is 5. The highest BCUT2D eigenvalue weighted by Crippen LogP contribution is 2.50. The van der Waals surface area contributed by atoms with Crippen LogP contribution in [0.5, 0.6) is 5.75 Å². The van der Waals surface area contributed by atoms with Gasteiger partial charge in [-0.2, -0.15) is 10.2 Å². The van der Waals surface area contributed by atoms with Crippen LogP contribution < -0.4 is 15.3 Å². The average molecular weight is 750 g/mol. The van der Waals surface area contributed by atoms with Crippen LogP contribution in [-0.2, 0) is 47.2 Å². The van der Waals surface area contributed by atoms with E-state index in [1.54, 1.807) is 58.0 Å². The first-order chi connectivity index (χ1) is 24.8. The Balaban J connectivity index is 1.51. The molecular formula is C34H45FN5O11P. The quantitative estimate of drug-likeness (QED) is 0.128. The Labute approximate surface area is 300 Å². The number of esters is 3. The molecule has 0 radical (unpaired) electrons. The van der Waals surface area contributed by atoms with Crippen molar-refractivity contribution in [3.8, 4) is 5.75 Å². The fourth-order valence-corrected chi connectivity index (χ4v) is 7.16. The van der Waals surface area contributed by atoms with Crippen LogP contribution in [0.4, 0.5) is 10.2 Å². The van der Waals surface area contributed by atoms with Crippen molar-refractivity contribution in [2.75, 3.05) is 32.2 Å². The first-order valence-electron chi connectivity index (χ1n) is 17.0. The van der Waals surface area contributed by atoms with E-state index in [0.29, 0.717) is 31.6 Å². The third-order valence-corrected chi connectivity index (χ3v) is 10.2. The Bertz CT molecular complexity index is 1760. The lowest BCUT2D eigenvalue weighted by Crippen LogP contribution is -2.52. The summed E-state index contributed by atoms with van der Waals surface area (Å²) in [6.45, 7) is 6.39. The number of alkyl halides is 1. The maximum Gasteiger partial charge on any atom is 0.459 e. The Kier molecular flexibility index (Phi) is 12.5. The minimum Gasteiger partial charge on any atom is -0.461 e. The average Bonchev–Trinajstić information content (AvgIpc) is 3.68. The zero-order valence-electron chi connectivity index (χ0n) is 29.6. The van der Waals surface area contributed by atoms with Gasteiger partial charge in [-0.3, -0.25) is 18.9 Å². The molecule has 3 N–H and O–H groups in total. The van der Waals surface area contributed by atoms with Gasteiger partial charge in [0.05, 0.1) is 37.4 Å². The molecule has 1 unspecified atom stereocenters. The summed E-state index contributed by atoms with van der Waals surface area (Å²) in [6.07, 6.45) is -2.58. The molecule has 1 aromatic carbocycles. The van der Waals surface area contributed by atoms with Crippen molar-refractivity contribution >= 4 is 37.0 Å². The van der Waals surface area contributed by atoms with Crippen molar-refractivity contribution in [3.63, 3.8) is 0 Å². The minimum atomic E-state index is -4.59. The molecular weight excluding hydrogens is 704 g/mol. The van der Waals surface area contributed by atoms with Crippen LogP contribution in [-0.4, -0.2) is 89.0 Å². The summed E-state index contributed by atoms with van der Waals surface area (Å²) < 4.78 is 72.4. The third kappa shape index (κ3) is 8.89. The molecule has 4 heterocycles. The van der Waals surface area contributed by atoms with Gasteiger partial charge in [0.15, 0.2) is 23.6 Å². The fourth-order valence-electron chi connectivity index (χ4n) is 5.61. The van der Waals surface area contributed by atoms with Crippen molar-refractivity contribution in [1.29, 1.82) is 0 Å². The van der Waals surface area contributed by atoms with Gasteiger partial charge in [-0.15, -0.1) is 0 Å². The molecule has 2 aliphatic heterocycles. The second kappa shape index (κ2) is 16.7. The van der Waals surface area contributed by atoms with Crippen molar-refractivity contribution in [1.82, 2.24) is 19.7 Å². The van der Waals surface area contributed by atoms with E-state index in [2.05, 4.69) is 15.2 Å². The molecule has 0 saturated carbocycles. The van der Waals surface area contributed by atoms with Gasteiger partial charge < -0.3 is 33.9 Å². The summed E-state index contributed by atoms with van der Waals surface area (Å²) >= 11 is 0. The highest BCUT2D eigenvalue weighted by Gasteiger charge is 2.62. The van der Waals surface area contributed by atoms with Crippen molar-refractivity contribution < 1.29 is 56.1 Å². The number of hydrogen-bond donors (Lipinski definition) is 2. The molecule has 6 atom stereocenters. The number of rotatable bonds is 15. The van der Waals surface area contributed by atoms with Crippen LogP contribution in [0.3, 0.4) is 0 Å². The Morgan fingerprint density at radius 1 is 1.00 bits per heavy atom. The fraction of sp³-hybridized carbons (Fsp3) is 0.559. The minimum absolute atomic E-state index is 0.103. The molecule has 0 aliphatic carbocycles. The van der Waals surface area contributed by atoms with E-state index in [1.165, 1.54) is 29.9 Å². The number of nitrogen functional groups attached to an aromatic ring is 1. The van der Waals surface area contributed by atoms with E-state index in [1.807, 2.05) is 0 Å². The van der Waals surface area contributed by atoms with Crippen LogP contribution in [0.15, 0.2) is 48.8 Å². The van der Waals surface area contributed by atoms with Gasteiger partial charge in [-0.1, -0.05) is 45.9 Å². The third-order valence-electron chi connectivity index (χ3n) is 8.55. The lowest BCUT2D eigenvalue weighted by molar-refractivity contribution is -0.178. The van der Waals surface area contributed by atoms with Crippen LogP contribution in [0.1, 0.15) is 59.3 Å². The molecule has 52 heavy (non-hydrogen) atoms. The molecule has 0 amide bonds. The van der Waals surface area contributed by atoms with E-state index in [-0.39, 0.29) is 17.3 Å². The standard InChI is InChI=1S/C34H45FN5O11P/c1-20(2)31(41)48-28-27(25-11-12-26-30(36)37-19-38-40(25)26)50-34(17-35,29(28)49-32(42)21(3)4)18-46-52(44,51-24-9-7-6-8-10-24)39-22(5)33(43)47-23-13-15-45-16-14-23/h6-12,19-23,27-29H,13-18H2,1-5H3,(H,39,44)(H2,36,37,38)/t22-,27-,28-,29-,34+,52?/m0/s1. The Morgan fingerprint density at radius 2 is 1.67 bits per heavy atom. The van der Waals surface area contributed by atoms with Gasteiger partial charge in [0.2, 0.25) is 0 Å². The largest absolute Gasteiger partial charge is 0.461 e. The number of benzene rings is 1. The summed E-state index contributed by atoms with van der Waals surface area (Å²) in [7, 11) is -4.59. The number of nitrogens with zero attached hydrogens (tertiary/aromatic N) is 3. The molecule has 2 aromatic heterocycles. The van der Waals surface area contributed by atoms with Gasteiger partial charge >= 0.3 is 25.7 Å². The van der Waals surface area contributed by atoms with Gasteiger partial charge in [0.1, 0.15) is 42.5 Å². The van der Waals surface area contributed by atoms with E-state index in [9.17, 15) is 18.9 Å². The molecule has 2 aliphatic rings. The van der Waals surface area contributed by atoms with E-state index in [0.717, 1.165) is 0 Å². The summed E-state index contributed by atoms with van der Waals surface area (Å²) in [5.74, 6) is -3.25. The number of nitrogens with two attached hydrogens (primary N) is 1. The molecule has 18 heteroatoms. The number of hydrogen-bond acceptors (Lipinski definition) is 14. The summed E-state index contributed by atoms with van der Waals surface area (Å²) in [6, 6.07) is 9.94. The van der Waals surface area contributed by atoms with Crippen LogP contribution in [0.2, 0.25) is 0 Å². The number of aromatic nitrogens is 3. The van der Waals surface area contributed by atoms with E-state index < -0.39 is 86.8 Å². The lowest BCUT2D eigenvalue weighted by atomic mass is 9.95. The number of carbonyl (C=O) groups excluding carboxylic acids is 3. The predicted octanol–water partition coefficient (Wildman–Crippen LogP) is 4.13. The molecule has 0 spiro atoms. The van der Waals surface area contributed by atoms with Gasteiger partial charge in [0.25, 0.3) is 0 Å². The topological polar surface area (TPSA) is 201 Å². The zero-order chi connectivity index (χ0) is 37.6.